The lowest BCUT2D eigenvalue weighted by Crippen LogP contribution is -2.50. The lowest BCUT2D eigenvalue weighted by atomic mass is 10.0. The quantitative estimate of drug-likeness (QED) is 0.410. The summed E-state index contributed by atoms with van der Waals surface area (Å²) in [6.45, 7) is 7.97. The Kier molecular flexibility index (Phi) is 7.65. The zero-order valence-electron chi connectivity index (χ0n) is 21.8. The SMILES string of the molecule is CC(C)CC(=O)Cc1nn(-c2ccc(CC(C)N3C4CCC3COC4)cc2)c(=O)n1-c1cccc(Cl)c1. The summed E-state index contributed by atoms with van der Waals surface area (Å²) in [7, 11) is 0. The Hall–Kier alpha value is -2.74. The van der Waals surface area contributed by atoms with Crippen LogP contribution in [0.25, 0.3) is 11.4 Å². The molecule has 3 atom stereocenters. The van der Waals surface area contributed by atoms with Crippen LogP contribution >= 0.6 is 11.6 Å². The molecule has 2 aromatic carbocycles. The zero-order chi connectivity index (χ0) is 26.1. The molecule has 2 aliphatic rings. The van der Waals surface area contributed by atoms with Gasteiger partial charge in [0, 0.05) is 29.6 Å². The molecule has 0 saturated carbocycles. The Balaban J connectivity index is 1.41. The van der Waals surface area contributed by atoms with E-state index in [-0.39, 0.29) is 23.8 Å². The largest absolute Gasteiger partial charge is 0.378 e. The first-order chi connectivity index (χ1) is 17.8. The third-order valence-electron chi connectivity index (χ3n) is 7.42. The maximum atomic E-state index is 13.5. The molecule has 0 amide bonds. The lowest BCUT2D eigenvalue weighted by molar-refractivity contribution is -0.119. The molecule has 7 nitrogen and oxygen atoms in total. The maximum Gasteiger partial charge on any atom is 0.355 e. The molecule has 0 radical (unpaired) electrons. The van der Waals surface area contributed by atoms with E-state index in [0.29, 0.717) is 46.8 Å². The van der Waals surface area contributed by atoms with Crippen molar-refractivity contribution < 1.29 is 9.53 Å². The molecule has 5 rings (SSSR count). The van der Waals surface area contributed by atoms with Crippen LogP contribution < -0.4 is 5.69 Å². The molecule has 8 heteroatoms. The average Bonchev–Trinajstić information content (AvgIpc) is 3.30. The molecule has 0 spiro atoms. The van der Waals surface area contributed by atoms with E-state index in [1.807, 2.05) is 26.0 Å². The van der Waals surface area contributed by atoms with Crippen molar-refractivity contribution in [1.82, 2.24) is 19.2 Å². The van der Waals surface area contributed by atoms with E-state index in [4.69, 9.17) is 16.3 Å². The van der Waals surface area contributed by atoms with Gasteiger partial charge >= 0.3 is 5.69 Å². The number of Topliss-reactive ketones (excluding diaryl/α,β-unsaturated/α-hetero) is 1. The second kappa shape index (κ2) is 10.9. The monoisotopic (exact) mass is 522 g/mol. The van der Waals surface area contributed by atoms with Gasteiger partial charge in [-0.3, -0.25) is 9.69 Å². The number of carbonyl (C=O) groups is 1. The molecule has 0 N–H and O–H groups in total. The van der Waals surface area contributed by atoms with Crippen molar-refractivity contribution >= 4 is 17.4 Å². The van der Waals surface area contributed by atoms with Gasteiger partial charge in [-0.1, -0.05) is 43.6 Å². The van der Waals surface area contributed by atoms with Gasteiger partial charge < -0.3 is 4.74 Å². The van der Waals surface area contributed by atoms with Gasteiger partial charge in [-0.15, -0.1) is 5.10 Å². The minimum Gasteiger partial charge on any atom is -0.378 e. The van der Waals surface area contributed by atoms with Gasteiger partial charge in [0.1, 0.15) is 11.6 Å². The first kappa shape index (κ1) is 25.9. The Labute approximate surface area is 223 Å². The highest BCUT2D eigenvalue weighted by Crippen LogP contribution is 2.31. The number of morpholine rings is 1. The summed E-state index contributed by atoms with van der Waals surface area (Å²) < 4.78 is 8.62. The molecule has 1 aromatic heterocycles. The molecular weight excluding hydrogens is 488 g/mol. The predicted octanol–water partition coefficient (Wildman–Crippen LogP) is 4.63. The first-order valence-corrected chi connectivity index (χ1v) is 13.6. The zero-order valence-corrected chi connectivity index (χ0v) is 22.5. The smallest absolute Gasteiger partial charge is 0.355 e. The van der Waals surface area contributed by atoms with Gasteiger partial charge in [0.25, 0.3) is 0 Å². The Bertz CT molecular complexity index is 1300. The van der Waals surface area contributed by atoms with Gasteiger partial charge in [0.05, 0.1) is 31.0 Å². The van der Waals surface area contributed by atoms with Crippen molar-refractivity contribution in [3.8, 4) is 11.4 Å². The van der Waals surface area contributed by atoms with Crippen LogP contribution in [0.2, 0.25) is 5.02 Å². The average molecular weight is 523 g/mol. The summed E-state index contributed by atoms with van der Waals surface area (Å²) in [6.07, 6.45) is 3.90. The number of nitrogens with zero attached hydrogens (tertiary/aromatic N) is 4. The Morgan fingerprint density at radius 1 is 1.05 bits per heavy atom. The number of ketones is 1. The number of ether oxygens (including phenoxy) is 1. The maximum absolute atomic E-state index is 13.5. The fourth-order valence-corrected chi connectivity index (χ4v) is 6.05. The number of carbonyl (C=O) groups excluding carboxylic acids is 1. The van der Waals surface area contributed by atoms with E-state index in [9.17, 15) is 9.59 Å². The third kappa shape index (κ3) is 5.59. The van der Waals surface area contributed by atoms with Crippen molar-refractivity contribution in [1.29, 1.82) is 0 Å². The second-order valence-electron chi connectivity index (χ2n) is 10.8. The van der Waals surface area contributed by atoms with E-state index in [2.05, 4.69) is 29.1 Å². The molecular formula is C29H35ClN4O3. The van der Waals surface area contributed by atoms with Crippen LogP contribution in [0.4, 0.5) is 0 Å². The first-order valence-electron chi connectivity index (χ1n) is 13.2. The van der Waals surface area contributed by atoms with Crippen LogP contribution in [0.15, 0.2) is 53.3 Å². The van der Waals surface area contributed by atoms with Gasteiger partial charge in [-0.25, -0.2) is 9.36 Å². The van der Waals surface area contributed by atoms with Crippen LogP contribution in [-0.4, -0.2) is 56.4 Å². The van der Waals surface area contributed by atoms with Crippen LogP contribution in [-0.2, 0) is 22.4 Å². The van der Waals surface area contributed by atoms with E-state index in [1.54, 1.807) is 24.3 Å². The third-order valence-corrected chi connectivity index (χ3v) is 7.66. The molecule has 2 fully saturated rings. The van der Waals surface area contributed by atoms with Crippen LogP contribution in [0, 0.1) is 5.92 Å². The number of hydrogen-bond donors (Lipinski definition) is 0. The van der Waals surface area contributed by atoms with Gasteiger partial charge in [-0.05, 0) is 68.0 Å². The molecule has 37 heavy (non-hydrogen) atoms. The van der Waals surface area contributed by atoms with Crippen molar-refractivity contribution in [3.63, 3.8) is 0 Å². The summed E-state index contributed by atoms with van der Waals surface area (Å²) in [5, 5.41) is 5.12. The molecule has 3 heterocycles. The van der Waals surface area contributed by atoms with E-state index < -0.39 is 0 Å². The van der Waals surface area contributed by atoms with Crippen LogP contribution in [0.5, 0.6) is 0 Å². The van der Waals surface area contributed by atoms with E-state index >= 15 is 0 Å². The second-order valence-corrected chi connectivity index (χ2v) is 11.3. The highest BCUT2D eigenvalue weighted by molar-refractivity contribution is 6.30. The lowest BCUT2D eigenvalue weighted by Gasteiger charge is -2.39. The number of hydrogen-bond acceptors (Lipinski definition) is 5. The summed E-state index contributed by atoms with van der Waals surface area (Å²) in [5.41, 5.74) is 2.17. The van der Waals surface area contributed by atoms with Crippen molar-refractivity contribution in [3.05, 3.63) is 75.4 Å². The van der Waals surface area contributed by atoms with Gasteiger partial charge in [-0.2, -0.15) is 4.68 Å². The summed E-state index contributed by atoms with van der Waals surface area (Å²) in [6, 6.07) is 16.6. The molecule has 2 aliphatic heterocycles. The van der Waals surface area contributed by atoms with Crippen molar-refractivity contribution in [2.75, 3.05) is 13.2 Å². The van der Waals surface area contributed by atoms with Gasteiger partial charge in [0.2, 0.25) is 0 Å². The summed E-state index contributed by atoms with van der Waals surface area (Å²) in [4.78, 5) is 28.8. The highest BCUT2D eigenvalue weighted by atomic mass is 35.5. The molecule has 2 saturated heterocycles. The van der Waals surface area contributed by atoms with Crippen molar-refractivity contribution in [2.24, 2.45) is 5.92 Å². The van der Waals surface area contributed by atoms with Crippen molar-refractivity contribution in [2.45, 2.75) is 71.0 Å². The molecule has 3 unspecified atom stereocenters. The fourth-order valence-electron chi connectivity index (χ4n) is 5.87. The Morgan fingerprint density at radius 3 is 2.41 bits per heavy atom. The van der Waals surface area contributed by atoms with E-state index in [0.717, 1.165) is 19.6 Å². The predicted molar refractivity (Wildman–Crippen MR) is 145 cm³/mol. The molecule has 2 bridgehead atoms. The number of benzene rings is 2. The normalized spacial score (nSPS) is 20.5. The fraction of sp³-hybridized carbons (Fsp3) is 0.483. The van der Waals surface area contributed by atoms with Crippen LogP contribution in [0.3, 0.4) is 0 Å². The molecule has 3 aromatic rings. The summed E-state index contributed by atoms with van der Waals surface area (Å²) in [5.74, 6) is 0.707. The standard InChI is InChI=1S/C29H35ClN4O3/c1-19(2)13-27(35)16-28-31-34(29(36)33(28)24-6-4-5-22(30)15-24)23-9-7-21(8-10-23)14-20(3)32-25-11-12-26(32)18-37-17-25/h4-10,15,19-20,25-26H,11-14,16-18H2,1-3H3. The highest BCUT2D eigenvalue weighted by Gasteiger charge is 2.39. The van der Waals surface area contributed by atoms with Crippen LogP contribution in [0.1, 0.15) is 51.4 Å². The number of halogens is 1. The minimum atomic E-state index is -0.319. The number of aromatic nitrogens is 3. The van der Waals surface area contributed by atoms with Gasteiger partial charge in [0.15, 0.2) is 0 Å². The molecule has 0 aliphatic carbocycles. The topological polar surface area (TPSA) is 69.4 Å². The Morgan fingerprint density at radius 2 is 1.76 bits per heavy atom. The summed E-state index contributed by atoms with van der Waals surface area (Å²) >= 11 is 6.21. The number of rotatable bonds is 9. The molecule has 196 valence electrons. The number of fused-ring (bicyclic) bond motifs is 2. The minimum absolute atomic E-state index is 0.0526. The van der Waals surface area contributed by atoms with E-state index in [1.165, 1.54) is 27.7 Å².